The Morgan fingerprint density at radius 3 is 2.36 bits per heavy atom. The first-order chi connectivity index (χ1) is 6.32. The summed E-state index contributed by atoms with van der Waals surface area (Å²) in [6.45, 7) is 0. The first kappa shape index (κ1) is 10.4. The zero-order valence-electron chi connectivity index (χ0n) is 6.38. The van der Waals surface area contributed by atoms with Crippen LogP contribution in [0.2, 0.25) is 0 Å². The first-order valence-electron chi connectivity index (χ1n) is 3.19. The van der Waals surface area contributed by atoms with Gasteiger partial charge in [0.2, 0.25) is 5.82 Å². The number of nitro groups is 1. The summed E-state index contributed by atoms with van der Waals surface area (Å²) >= 11 is 0. The van der Waals surface area contributed by atoms with Crippen molar-refractivity contribution in [2.45, 2.75) is 6.18 Å². The maximum Gasteiger partial charge on any atom is 0.420 e. The number of nitrogens with zero attached hydrogens (tertiary/aromatic N) is 2. The second-order valence-electron chi connectivity index (χ2n) is 2.28. The summed E-state index contributed by atoms with van der Waals surface area (Å²) in [6.07, 6.45) is -4.55. The predicted molar refractivity (Wildman–Crippen MR) is 35.9 cm³/mol. The van der Waals surface area contributed by atoms with Crippen LogP contribution in [0.25, 0.3) is 0 Å². The molecule has 0 unspecified atom stereocenters. The Labute approximate surface area is 74.3 Å². The fourth-order valence-electron chi connectivity index (χ4n) is 0.720. The number of halogens is 4. The molecule has 0 fully saturated rings. The van der Waals surface area contributed by atoms with E-state index in [1.165, 1.54) is 0 Å². The SMILES string of the molecule is O=[N+]([O-])c1ncc(C(F)(F)F)cc1F. The molecule has 0 aliphatic rings. The molecule has 4 nitrogen and oxygen atoms in total. The molecule has 76 valence electrons. The van der Waals surface area contributed by atoms with E-state index in [0.29, 0.717) is 0 Å². The van der Waals surface area contributed by atoms with E-state index >= 15 is 0 Å². The molecule has 1 heterocycles. The van der Waals surface area contributed by atoms with E-state index in [1.807, 2.05) is 0 Å². The lowest BCUT2D eigenvalue weighted by atomic mass is 10.2. The van der Waals surface area contributed by atoms with E-state index in [0.717, 1.165) is 0 Å². The summed E-state index contributed by atoms with van der Waals surface area (Å²) in [5.41, 5.74) is -1.36. The lowest BCUT2D eigenvalue weighted by molar-refractivity contribution is -0.392. The van der Waals surface area contributed by atoms with Gasteiger partial charge in [-0.25, -0.2) is 0 Å². The number of hydrogen-bond donors (Lipinski definition) is 0. The quantitative estimate of drug-likeness (QED) is 0.405. The third-order valence-corrected chi connectivity index (χ3v) is 1.32. The van der Waals surface area contributed by atoms with Crippen LogP contribution in [0.15, 0.2) is 12.3 Å². The molecular weight excluding hydrogens is 208 g/mol. The zero-order chi connectivity index (χ0) is 10.9. The molecule has 0 radical (unpaired) electrons. The van der Waals surface area contributed by atoms with Crippen molar-refractivity contribution in [2.75, 3.05) is 0 Å². The highest BCUT2D eigenvalue weighted by Crippen LogP contribution is 2.30. The molecule has 14 heavy (non-hydrogen) atoms. The molecular formula is C6H2F4N2O2. The Bertz CT molecular complexity index is 377. The minimum absolute atomic E-state index is 0.0329. The van der Waals surface area contributed by atoms with Crippen molar-refractivity contribution < 1.29 is 22.5 Å². The fourth-order valence-corrected chi connectivity index (χ4v) is 0.720. The van der Waals surface area contributed by atoms with Crippen molar-refractivity contribution in [3.05, 3.63) is 33.8 Å². The molecule has 0 atom stereocenters. The molecule has 0 N–H and O–H groups in total. The van der Waals surface area contributed by atoms with Crippen LogP contribution >= 0.6 is 0 Å². The average Bonchev–Trinajstić information content (AvgIpc) is 2.01. The van der Waals surface area contributed by atoms with Gasteiger partial charge in [-0.1, -0.05) is 0 Å². The van der Waals surface area contributed by atoms with Gasteiger partial charge in [0.15, 0.2) is 6.20 Å². The second-order valence-corrected chi connectivity index (χ2v) is 2.28. The summed E-state index contributed by atoms with van der Waals surface area (Å²) in [4.78, 5) is 11.6. The summed E-state index contributed by atoms with van der Waals surface area (Å²) < 4.78 is 48.4. The Hall–Kier alpha value is -1.73. The number of aromatic nitrogens is 1. The van der Waals surface area contributed by atoms with Crippen LogP contribution in [-0.2, 0) is 6.18 Å². The van der Waals surface area contributed by atoms with Gasteiger partial charge in [-0.15, -0.1) is 0 Å². The van der Waals surface area contributed by atoms with E-state index in [4.69, 9.17) is 0 Å². The predicted octanol–water partition coefficient (Wildman–Crippen LogP) is 2.15. The molecule has 0 aromatic carbocycles. The molecule has 0 amide bonds. The van der Waals surface area contributed by atoms with Crippen LogP contribution in [-0.4, -0.2) is 9.91 Å². The van der Waals surface area contributed by atoms with Crippen LogP contribution in [0.1, 0.15) is 5.56 Å². The molecule has 0 saturated carbocycles. The van der Waals surface area contributed by atoms with Gasteiger partial charge in [-0.3, -0.25) is 0 Å². The number of hydrogen-bond acceptors (Lipinski definition) is 3. The van der Waals surface area contributed by atoms with Gasteiger partial charge in [0, 0.05) is 0 Å². The molecule has 0 bridgehead atoms. The molecule has 1 aromatic rings. The zero-order valence-corrected chi connectivity index (χ0v) is 6.38. The fraction of sp³-hybridized carbons (Fsp3) is 0.167. The van der Waals surface area contributed by atoms with Gasteiger partial charge < -0.3 is 10.1 Å². The average molecular weight is 210 g/mol. The summed E-state index contributed by atoms with van der Waals surface area (Å²) in [7, 11) is 0. The lowest BCUT2D eigenvalue weighted by Gasteiger charge is -2.03. The smallest absolute Gasteiger partial charge is 0.358 e. The highest BCUT2D eigenvalue weighted by Gasteiger charge is 2.34. The van der Waals surface area contributed by atoms with Crippen LogP contribution in [0.5, 0.6) is 0 Å². The van der Waals surface area contributed by atoms with Crippen molar-refractivity contribution in [3.8, 4) is 0 Å². The van der Waals surface area contributed by atoms with Crippen LogP contribution in [0, 0.1) is 15.9 Å². The molecule has 0 spiro atoms. The van der Waals surface area contributed by atoms with Gasteiger partial charge in [0.05, 0.1) is 0 Å². The van der Waals surface area contributed by atoms with Crippen molar-refractivity contribution in [3.63, 3.8) is 0 Å². The van der Waals surface area contributed by atoms with E-state index < -0.39 is 28.3 Å². The minimum Gasteiger partial charge on any atom is -0.358 e. The van der Waals surface area contributed by atoms with Crippen LogP contribution in [0.4, 0.5) is 23.4 Å². The third-order valence-electron chi connectivity index (χ3n) is 1.32. The van der Waals surface area contributed by atoms with E-state index in [2.05, 4.69) is 4.98 Å². The minimum atomic E-state index is -4.76. The summed E-state index contributed by atoms with van der Waals surface area (Å²) in [5.74, 6) is -2.83. The largest absolute Gasteiger partial charge is 0.420 e. The Morgan fingerprint density at radius 2 is 2.00 bits per heavy atom. The maximum atomic E-state index is 12.6. The van der Waals surface area contributed by atoms with Gasteiger partial charge in [-0.2, -0.15) is 17.6 Å². The van der Waals surface area contributed by atoms with Crippen LogP contribution in [0.3, 0.4) is 0 Å². The molecule has 0 saturated heterocycles. The third kappa shape index (κ3) is 1.95. The van der Waals surface area contributed by atoms with E-state index in [9.17, 15) is 27.7 Å². The number of alkyl halides is 3. The molecule has 1 aromatic heterocycles. The highest BCUT2D eigenvalue weighted by molar-refractivity contribution is 5.26. The van der Waals surface area contributed by atoms with Gasteiger partial charge >= 0.3 is 12.0 Å². The summed E-state index contributed by atoms with van der Waals surface area (Å²) in [6, 6.07) is 0.0329. The summed E-state index contributed by atoms with van der Waals surface area (Å²) in [5, 5.41) is 10.0. The number of pyridine rings is 1. The highest BCUT2D eigenvalue weighted by atomic mass is 19.4. The lowest BCUT2D eigenvalue weighted by Crippen LogP contribution is -2.07. The van der Waals surface area contributed by atoms with Crippen molar-refractivity contribution in [2.24, 2.45) is 0 Å². The molecule has 0 aliphatic carbocycles. The Morgan fingerprint density at radius 1 is 1.43 bits per heavy atom. The second kappa shape index (κ2) is 3.20. The monoisotopic (exact) mass is 210 g/mol. The van der Waals surface area contributed by atoms with Gasteiger partial charge in [0.1, 0.15) is 5.56 Å². The Kier molecular flexibility index (Phi) is 2.37. The van der Waals surface area contributed by atoms with Gasteiger partial charge in [0.25, 0.3) is 0 Å². The normalized spacial score (nSPS) is 11.4. The molecule has 0 aliphatic heterocycles. The van der Waals surface area contributed by atoms with Gasteiger partial charge in [-0.05, 0) is 16.0 Å². The van der Waals surface area contributed by atoms with E-state index in [1.54, 1.807) is 0 Å². The van der Waals surface area contributed by atoms with E-state index in [-0.39, 0.29) is 12.3 Å². The standard InChI is InChI=1S/C6H2F4N2O2/c7-4-1-3(6(8,9)10)2-11-5(4)12(13)14/h1-2H. The Balaban J connectivity index is 3.20. The maximum absolute atomic E-state index is 12.6. The topological polar surface area (TPSA) is 56.0 Å². The van der Waals surface area contributed by atoms with Crippen molar-refractivity contribution in [1.29, 1.82) is 0 Å². The molecule has 8 heteroatoms. The first-order valence-corrected chi connectivity index (χ1v) is 3.19. The number of rotatable bonds is 1. The van der Waals surface area contributed by atoms with Crippen molar-refractivity contribution in [1.82, 2.24) is 4.98 Å². The van der Waals surface area contributed by atoms with Crippen molar-refractivity contribution >= 4 is 5.82 Å². The molecule has 1 rings (SSSR count). The van der Waals surface area contributed by atoms with Crippen LogP contribution < -0.4 is 0 Å².